The molecule has 0 bridgehead atoms. The molecule has 2 fully saturated rings. The van der Waals surface area contributed by atoms with Crippen LogP contribution in [-0.4, -0.2) is 19.0 Å². The molecule has 1 heterocycles. The summed E-state index contributed by atoms with van der Waals surface area (Å²) >= 11 is 0. The van der Waals surface area contributed by atoms with Gasteiger partial charge in [-0.1, -0.05) is 12.2 Å². The molecule has 1 aliphatic heterocycles. The van der Waals surface area contributed by atoms with E-state index in [0.717, 1.165) is 25.6 Å². The summed E-state index contributed by atoms with van der Waals surface area (Å²) in [6, 6.07) is 0. The van der Waals surface area contributed by atoms with E-state index >= 15 is 0 Å². The van der Waals surface area contributed by atoms with Crippen molar-refractivity contribution >= 4 is 0 Å². The number of ether oxygens (including phenoxy) is 2. The Kier molecular flexibility index (Phi) is 1.38. The number of fused-ring (bicyclic) bond motifs is 2. The molecule has 2 nitrogen and oxygen atoms in total. The highest BCUT2D eigenvalue weighted by Gasteiger charge is 2.57. The first-order chi connectivity index (χ1) is 5.91. The number of hydrogen-bond donors (Lipinski definition) is 0. The lowest BCUT2D eigenvalue weighted by atomic mass is 9.63. The third kappa shape index (κ3) is 0.771. The molecular formula is C10H14O2. The van der Waals surface area contributed by atoms with E-state index in [-0.39, 0.29) is 5.79 Å². The van der Waals surface area contributed by atoms with Crippen molar-refractivity contribution in [1.29, 1.82) is 0 Å². The van der Waals surface area contributed by atoms with E-state index < -0.39 is 0 Å². The van der Waals surface area contributed by atoms with Gasteiger partial charge >= 0.3 is 0 Å². The summed E-state index contributed by atoms with van der Waals surface area (Å²) in [5.41, 5.74) is 0. The van der Waals surface area contributed by atoms with Crippen molar-refractivity contribution in [2.24, 2.45) is 11.8 Å². The zero-order valence-corrected chi connectivity index (χ0v) is 7.16. The van der Waals surface area contributed by atoms with Gasteiger partial charge in [-0.25, -0.2) is 0 Å². The van der Waals surface area contributed by atoms with Gasteiger partial charge in [0.2, 0.25) is 0 Å². The Morgan fingerprint density at radius 2 is 2.08 bits per heavy atom. The highest BCUT2D eigenvalue weighted by molar-refractivity contribution is 5.11. The molecule has 12 heavy (non-hydrogen) atoms. The summed E-state index contributed by atoms with van der Waals surface area (Å²) in [5.74, 6) is 1.26. The van der Waals surface area contributed by atoms with Crippen LogP contribution in [0.3, 0.4) is 0 Å². The molecule has 0 N–H and O–H groups in total. The topological polar surface area (TPSA) is 18.5 Å². The van der Waals surface area contributed by atoms with Crippen LogP contribution in [0, 0.1) is 11.8 Å². The zero-order chi connectivity index (χ0) is 8.02. The van der Waals surface area contributed by atoms with Crippen LogP contribution >= 0.6 is 0 Å². The predicted octanol–water partition coefficient (Wildman–Crippen LogP) is 1.72. The average Bonchev–Trinajstić information content (AvgIpc) is 2.54. The summed E-state index contributed by atoms with van der Waals surface area (Å²) in [6.45, 7) is 1.60. The Hall–Kier alpha value is -0.340. The Morgan fingerprint density at radius 3 is 2.83 bits per heavy atom. The summed E-state index contributed by atoms with van der Waals surface area (Å²) in [4.78, 5) is 0. The minimum absolute atomic E-state index is 0.143. The van der Waals surface area contributed by atoms with Crippen LogP contribution in [0.2, 0.25) is 0 Å². The Morgan fingerprint density at radius 1 is 1.25 bits per heavy atom. The van der Waals surface area contributed by atoms with E-state index in [9.17, 15) is 0 Å². The molecule has 3 aliphatic rings. The summed E-state index contributed by atoms with van der Waals surface area (Å²) < 4.78 is 11.4. The largest absolute Gasteiger partial charge is 0.347 e. The predicted molar refractivity (Wildman–Crippen MR) is 44.6 cm³/mol. The molecule has 1 spiro atoms. The summed E-state index contributed by atoms with van der Waals surface area (Å²) in [7, 11) is 0. The molecule has 0 radical (unpaired) electrons. The molecule has 3 rings (SSSR count). The van der Waals surface area contributed by atoms with Crippen LogP contribution in [-0.2, 0) is 9.47 Å². The van der Waals surface area contributed by atoms with Crippen LogP contribution in [0.4, 0.5) is 0 Å². The third-order valence-corrected chi connectivity index (χ3v) is 3.41. The quantitative estimate of drug-likeness (QED) is 0.510. The number of allylic oxidation sites excluding steroid dienone is 2. The molecule has 66 valence electrons. The maximum absolute atomic E-state index is 5.69. The molecule has 0 unspecified atom stereocenters. The lowest BCUT2D eigenvalue weighted by Gasteiger charge is -2.51. The lowest BCUT2D eigenvalue weighted by Crippen LogP contribution is -2.54. The van der Waals surface area contributed by atoms with Crippen molar-refractivity contribution in [3.63, 3.8) is 0 Å². The van der Waals surface area contributed by atoms with Crippen molar-refractivity contribution < 1.29 is 9.47 Å². The Balaban J connectivity index is 1.81. The highest BCUT2D eigenvalue weighted by Crippen LogP contribution is 2.53. The van der Waals surface area contributed by atoms with E-state index in [1.807, 2.05) is 0 Å². The van der Waals surface area contributed by atoms with E-state index in [1.165, 1.54) is 12.8 Å². The first-order valence-corrected chi connectivity index (χ1v) is 4.85. The van der Waals surface area contributed by atoms with Gasteiger partial charge in [-0.15, -0.1) is 0 Å². The zero-order valence-electron chi connectivity index (χ0n) is 7.16. The van der Waals surface area contributed by atoms with E-state index in [2.05, 4.69) is 12.2 Å². The second-order valence-electron chi connectivity index (χ2n) is 3.99. The number of hydrogen-bond acceptors (Lipinski definition) is 2. The van der Waals surface area contributed by atoms with Gasteiger partial charge in [0.1, 0.15) is 0 Å². The number of rotatable bonds is 0. The average molecular weight is 166 g/mol. The fourth-order valence-corrected chi connectivity index (χ4v) is 2.77. The first-order valence-electron chi connectivity index (χ1n) is 4.85. The molecular weight excluding hydrogens is 152 g/mol. The molecule has 2 aliphatic carbocycles. The van der Waals surface area contributed by atoms with Crippen molar-refractivity contribution in [3.05, 3.63) is 12.2 Å². The molecule has 1 saturated carbocycles. The standard InChI is InChI=1S/C10H14O2/c1-2-4-9-8(3-1)7-10(9)11-5-6-12-10/h1,3,8-9H,2,4-7H2/t8-,9-/m0/s1. The maximum atomic E-state index is 5.69. The summed E-state index contributed by atoms with van der Waals surface area (Å²) in [6.07, 6.45) is 8.18. The first kappa shape index (κ1) is 7.10. The van der Waals surface area contributed by atoms with Gasteiger partial charge < -0.3 is 9.47 Å². The minimum Gasteiger partial charge on any atom is -0.347 e. The second kappa shape index (κ2) is 2.33. The van der Waals surface area contributed by atoms with E-state index in [4.69, 9.17) is 9.47 Å². The van der Waals surface area contributed by atoms with Crippen molar-refractivity contribution in [1.82, 2.24) is 0 Å². The smallest absolute Gasteiger partial charge is 0.172 e. The normalized spacial score (nSPS) is 42.7. The van der Waals surface area contributed by atoms with Crippen molar-refractivity contribution in [2.45, 2.75) is 25.0 Å². The Labute approximate surface area is 72.5 Å². The fourth-order valence-electron chi connectivity index (χ4n) is 2.77. The SMILES string of the molecule is C1=C[C@H]2CC3(OCCO3)[C@H]2CC1. The van der Waals surface area contributed by atoms with Gasteiger partial charge in [-0.05, 0) is 18.8 Å². The third-order valence-electron chi connectivity index (χ3n) is 3.41. The van der Waals surface area contributed by atoms with Crippen LogP contribution in [0.5, 0.6) is 0 Å². The molecule has 0 aromatic carbocycles. The van der Waals surface area contributed by atoms with Crippen LogP contribution < -0.4 is 0 Å². The van der Waals surface area contributed by atoms with Crippen molar-refractivity contribution in [3.8, 4) is 0 Å². The molecule has 2 heteroatoms. The molecule has 2 atom stereocenters. The molecule has 0 aromatic rings. The fraction of sp³-hybridized carbons (Fsp3) is 0.800. The van der Waals surface area contributed by atoms with Gasteiger partial charge in [0, 0.05) is 12.3 Å². The van der Waals surface area contributed by atoms with E-state index in [0.29, 0.717) is 5.92 Å². The van der Waals surface area contributed by atoms with Gasteiger partial charge in [0.15, 0.2) is 5.79 Å². The summed E-state index contributed by atoms with van der Waals surface area (Å²) in [5, 5.41) is 0. The van der Waals surface area contributed by atoms with E-state index in [1.54, 1.807) is 0 Å². The minimum atomic E-state index is -0.143. The molecule has 0 aromatic heterocycles. The highest BCUT2D eigenvalue weighted by atomic mass is 16.7. The van der Waals surface area contributed by atoms with Gasteiger partial charge in [0.25, 0.3) is 0 Å². The maximum Gasteiger partial charge on any atom is 0.172 e. The monoisotopic (exact) mass is 166 g/mol. The van der Waals surface area contributed by atoms with Crippen molar-refractivity contribution in [2.75, 3.05) is 13.2 Å². The van der Waals surface area contributed by atoms with Gasteiger partial charge in [-0.3, -0.25) is 0 Å². The lowest BCUT2D eigenvalue weighted by molar-refractivity contribution is -0.269. The Bertz CT molecular complexity index is 216. The molecule has 1 saturated heterocycles. The molecule has 0 amide bonds. The van der Waals surface area contributed by atoms with Crippen LogP contribution in [0.15, 0.2) is 12.2 Å². The van der Waals surface area contributed by atoms with Crippen LogP contribution in [0.25, 0.3) is 0 Å². The van der Waals surface area contributed by atoms with Crippen LogP contribution in [0.1, 0.15) is 19.3 Å². The van der Waals surface area contributed by atoms with Gasteiger partial charge in [-0.2, -0.15) is 0 Å². The van der Waals surface area contributed by atoms with Gasteiger partial charge in [0.05, 0.1) is 13.2 Å². The second-order valence-corrected chi connectivity index (χ2v) is 3.99.